The highest BCUT2D eigenvalue weighted by Crippen LogP contribution is 2.21. The molecule has 3 aromatic rings. The summed E-state index contributed by atoms with van der Waals surface area (Å²) in [6, 6.07) is 10.2. The molecular weight excluding hydrogens is 274 g/mol. The highest BCUT2D eigenvalue weighted by atomic mass is 15.3. The van der Waals surface area contributed by atoms with Gasteiger partial charge in [0.2, 0.25) is 0 Å². The van der Waals surface area contributed by atoms with Gasteiger partial charge < -0.3 is 5.43 Å². The van der Waals surface area contributed by atoms with Crippen molar-refractivity contribution in [3.05, 3.63) is 58.5 Å². The fraction of sp³-hybridized carbons (Fsp3) is 0.294. The summed E-state index contributed by atoms with van der Waals surface area (Å²) in [6.07, 6.45) is 1.73. The molecule has 0 amide bonds. The van der Waals surface area contributed by atoms with Gasteiger partial charge in [0.15, 0.2) is 5.65 Å². The number of hydrazine groups is 1. The maximum absolute atomic E-state index is 5.42. The number of nitrogens with zero attached hydrogens (tertiary/aromatic N) is 3. The molecule has 22 heavy (non-hydrogen) atoms. The summed E-state index contributed by atoms with van der Waals surface area (Å²) in [7, 11) is 0. The normalized spacial score (nSPS) is 11.1. The lowest BCUT2D eigenvalue weighted by molar-refractivity contribution is 0.849. The van der Waals surface area contributed by atoms with E-state index in [1.54, 1.807) is 0 Å². The molecule has 0 aliphatic carbocycles. The van der Waals surface area contributed by atoms with Crippen LogP contribution in [-0.4, -0.2) is 14.6 Å². The number of benzene rings is 1. The fourth-order valence-electron chi connectivity index (χ4n) is 2.80. The van der Waals surface area contributed by atoms with Crippen LogP contribution in [0.25, 0.3) is 5.65 Å². The van der Waals surface area contributed by atoms with Crippen LogP contribution in [0.1, 0.15) is 35.1 Å². The van der Waals surface area contributed by atoms with Gasteiger partial charge in [-0.25, -0.2) is 9.50 Å². The van der Waals surface area contributed by atoms with Crippen LogP contribution in [0.3, 0.4) is 0 Å². The molecule has 0 spiro atoms. The summed E-state index contributed by atoms with van der Waals surface area (Å²) >= 11 is 0. The molecule has 0 radical (unpaired) electrons. The summed E-state index contributed by atoms with van der Waals surface area (Å²) in [4.78, 5) is 4.70. The van der Waals surface area contributed by atoms with Gasteiger partial charge in [-0.3, -0.25) is 5.84 Å². The van der Waals surface area contributed by atoms with Crippen LogP contribution in [0.4, 0.5) is 5.69 Å². The zero-order chi connectivity index (χ0) is 15.7. The SMILES string of the molecule is CCc1nn2c(C)cc(C)nc2c1Cc1ccc(NN)cc1. The Hall–Kier alpha value is -2.40. The number of nitrogens with two attached hydrogens (primary N) is 1. The lowest BCUT2D eigenvalue weighted by Gasteiger charge is -2.05. The molecule has 0 aliphatic rings. The van der Waals surface area contributed by atoms with Crippen molar-refractivity contribution in [1.29, 1.82) is 0 Å². The van der Waals surface area contributed by atoms with Gasteiger partial charge in [-0.05, 0) is 44.0 Å². The van der Waals surface area contributed by atoms with Crippen LogP contribution >= 0.6 is 0 Å². The second-order valence-electron chi connectivity index (χ2n) is 5.57. The van der Waals surface area contributed by atoms with Crippen LogP contribution < -0.4 is 11.3 Å². The van der Waals surface area contributed by atoms with Gasteiger partial charge in [0.05, 0.1) is 5.69 Å². The van der Waals surface area contributed by atoms with E-state index in [0.717, 1.165) is 41.3 Å². The number of anilines is 1. The third-order valence-corrected chi connectivity index (χ3v) is 3.91. The zero-order valence-corrected chi connectivity index (χ0v) is 13.2. The van der Waals surface area contributed by atoms with Gasteiger partial charge in [0.1, 0.15) is 0 Å². The van der Waals surface area contributed by atoms with E-state index in [-0.39, 0.29) is 0 Å². The van der Waals surface area contributed by atoms with Crippen molar-refractivity contribution in [1.82, 2.24) is 14.6 Å². The van der Waals surface area contributed by atoms with Crippen molar-refractivity contribution < 1.29 is 0 Å². The van der Waals surface area contributed by atoms with Crippen molar-refractivity contribution >= 4 is 11.3 Å². The van der Waals surface area contributed by atoms with Gasteiger partial charge in [-0.1, -0.05) is 19.1 Å². The molecule has 0 fully saturated rings. The topological polar surface area (TPSA) is 68.2 Å². The molecule has 0 aliphatic heterocycles. The van der Waals surface area contributed by atoms with E-state index in [1.165, 1.54) is 11.1 Å². The van der Waals surface area contributed by atoms with Crippen molar-refractivity contribution in [2.45, 2.75) is 33.6 Å². The van der Waals surface area contributed by atoms with Gasteiger partial charge in [0.25, 0.3) is 0 Å². The molecule has 0 bridgehead atoms. The first-order chi connectivity index (χ1) is 10.6. The molecule has 1 aromatic carbocycles. The first kappa shape index (κ1) is 14.5. The number of nitrogen functional groups attached to an aromatic ring is 1. The molecule has 2 aromatic heterocycles. The Morgan fingerprint density at radius 2 is 1.91 bits per heavy atom. The molecule has 0 saturated heterocycles. The maximum atomic E-state index is 5.42. The smallest absolute Gasteiger partial charge is 0.159 e. The monoisotopic (exact) mass is 295 g/mol. The molecule has 5 nitrogen and oxygen atoms in total. The van der Waals surface area contributed by atoms with Crippen LogP contribution in [0, 0.1) is 13.8 Å². The minimum atomic E-state index is 0.827. The third-order valence-electron chi connectivity index (χ3n) is 3.91. The van der Waals surface area contributed by atoms with E-state index in [1.807, 2.05) is 23.6 Å². The Balaban J connectivity index is 2.08. The summed E-state index contributed by atoms with van der Waals surface area (Å²) in [5.41, 5.74) is 10.2. The molecule has 3 N–H and O–H groups in total. The molecule has 0 unspecified atom stereocenters. The van der Waals surface area contributed by atoms with E-state index in [9.17, 15) is 0 Å². The predicted molar refractivity (Wildman–Crippen MR) is 88.9 cm³/mol. The van der Waals surface area contributed by atoms with Crippen molar-refractivity contribution in [3.63, 3.8) is 0 Å². The highest BCUT2D eigenvalue weighted by Gasteiger charge is 2.15. The first-order valence-electron chi connectivity index (χ1n) is 7.52. The Morgan fingerprint density at radius 1 is 1.18 bits per heavy atom. The van der Waals surface area contributed by atoms with Crippen LogP contribution in [0.15, 0.2) is 30.3 Å². The maximum Gasteiger partial charge on any atom is 0.159 e. The van der Waals surface area contributed by atoms with Crippen LogP contribution in [0.2, 0.25) is 0 Å². The third kappa shape index (κ3) is 2.55. The number of rotatable bonds is 4. The molecular formula is C17H21N5. The molecule has 2 heterocycles. The average molecular weight is 295 g/mol. The number of aryl methyl sites for hydroxylation is 3. The number of fused-ring (bicyclic) bond motifs is 1. The van der Waals surface area contributed by atoms with E-state index in [4.69, 9.17) is 15.9 Å². The number of hydrogen-bond donors (Lipinski definition) is 2. The van der Waals surface area contributed by atoms with E-state index in [2.05, 4.69) is 37.5 Å². The summed E-state index contributed by atoms with van der Waals surface area (Å²) in [6.45, 7) is 6.23. The summed E-state index contributed by atoms with van der Waals surface area (Å²) < 4.78 is 1.96. The van der Waals surface area contributed by atoms with E-state index in [0.29, 0.717) is 0 Å². The van der Waals surface area contributed by atoms with Gasteiger partial charge in [-0.15, -0.1) is 0 Å². The van der Waals surface area contributed by atoms with Gasteiger partial charge >= 0.3 is 0 Å². The summed E-state index contributed by atoms with van der Waals surface area (Å²) in [5, 5.41) is 4.72. The fourth-order valence-corrected chi connectivity index (χ4v) is 2.80. The summed E-state index contributed by atoms with van der Waals surface area (Å²) in [5.74, 6) is 5.42. The van der Waals surface area contributed by atoms with Crippen LogP contribution in [0.5, 0.6) is 0 Å². The van der Waals surface area contributed by atoms with Gasteiger partial charge in [-0.2, -0.15) is 5.10 Å². The molecule has 114 valence electrons. The first-order valence-corrected chi connectivity index (χ1v) is 7.52. The number of hydrogen-bond acceptors (Lipinski definition) is 4. The number of nitrogens with one attached hydrogen (secondary N) is 1. The second kappa shape index (κ2) is 5.77. The van der Waals surface area contributed by atoms with Crippen molar-refractivity contribution in [2.75, 3.05) is 5.43 Å². The Bertz CT molecular complexity index is 802. The van der Waals surface area contributed by atoms with Crippen LogP contribution in [-0.2, 0) is 12.8 Å². The quantitative estimate of drug-likeness (QED) is 0.573. The molecule has 0 atom stereocenters. The van der Waals surface area contributed by atoms with E-state index >= 15 is 0 Å². The number of aromatic nitrogens is 3. The zero-order valence-electron chi connectivity index (χ0n) is 13.2. The van der Waals surface area contributed by atoms with Gasteiger partial charge in [0, 0.05) is 29.1 Å². The Labute approximate surface area is 130 Å². The Morgan fingerprint density at radius 3 is 2.55 bits per heavy atom. The highest BCUT2D eigenvalue weighted by molar-refractivity contribution is 5.54. The molecule has 3 rings (SSSR count). The Kier molecular flexibility index (Phi) is 3.81. The van der Waals surface area contributed by atoms with Crippen molar-refractivity contribution in [3.8, 4) is 0 Å². The molecule has 5 heteroatoms. The minimum absolute atomic E-state index is 0.827. The average Bonchev–Trinajstić information content (AvgIpc) is 2.86. The largest absolute Gasteiger partial charge is 0.324 e. The predicted octanol–water partition coefficient (Wildman–Crippen LogP) is 2.78. The lowest BCUT2D eigenvalue weighted by Crippen LogP contribution is -2.06. The lowest BCUT2D eigenvalue weighted by atomic mass is 10.0. The standard InChI is InChI=1S/C17H21N5/c1-4-16-15(10-13-5-7-14(20-18)8-6-13)17-19-11(2)9-12(3)22(17)21-16/h5-9,20H,4,10,18H2,1-3H3. The van der Waals surface area contributed by atoms with Crippen molar-refractivity contribution in [2.24, 2.45) is 5.84 Å². The van der Waals surface area contributed by atoms with E-state index < -0.39 is 0 Å². The second-order valence-corrected chi connectivity index (χ2v) is 5.57. The molecule has 0 saturated carbocycles. The minimum Gasteiger partial charge on any atom is -0.324 e.